The molecule has 1 aliphatic rings. The molecule has 0 spiro atoms. The van der Waals surface area contributed by atoms with E-state index in [0.717, 1.165) is 18.5 Å². The Balaban J connectivity index is 2.52. The van der Waals surface area contributed by atoms with E-state index in [1.165, 1.54) is 45.3 Å². The van der Waals surface area contributed by atoms with Crippen LogP contribution in [-0.2, 0) is 0 Å². The van der Waals surface area contributed by atoms with Gasteiger partial charge in [0, 0.05) is 12.1 Å². The van der Waals surface area contributed by atoms with E-state index in [2.05, 4.69) is 50.0 Å². The van der Waals surface area contributed by atoms with Crippen molar-refractivity contribution in [2.45, 2.75) is 58.5 Å². The largest absolute Gasteiger partial charge is 0.313 e. The van der Waals surface area contributed by atoms with Gasteiger partial charge in [-0.3, -0.25) is 4.90 Å². The molecule has 3 unspecified atom stereocenters. The maximum absolute atomic E-state index is 3.72. The fraction of sp³-hybridized carbons (Fsp3) is 1.00. The van der Waals surface area contributed by atoms with Gasteiger partial charge in [0.25, 0.3) is 0 Å². The van der Waals surface area contributed by atoms with Crippen LogP contribution in [0.1, 0.15) is 46.5 Å². The summed E-state index contributed by atoms with van der Waals surface area (Å²) in [4.78, 5) is 5.01. The van der Waals surface area contributed by atoms with E-state index in [9.17, 15) is 0 Å². The van der Waals surface area contributed by atoms with Crippen molar-refractivity contribution in [2.75, 3.05) is 40.3 Å². The van der Waals surface area contributed by atoms with Crippen LogP contribution in [0.3, 0.4) is 0 Å². The molecule has 0 saturated heterocycles. The minimum Gasteiger partial charge on any atom is -0.313 e. The van der Waals surface area contributed by atoms with Gasteiger partial charge in [-0.05, 0) is 71.9 Å². The molecule has 0 amide bonds. The van der Waals surface area contributed by atoms with E-state index in [4.69, 9.17) is 0 Å². The Morgan fingerprint density at radius 1 is 1.11 bits per heavy atom. The first-order valence-corrected chi connectivity index (χ1v) is 8.20. The Hall–Kier alpha value is -0.120. The average Bonchev–Trinajstić information content (AvgIpc) is 2.37. The molecule has 19 heavy (non-hydrogen) atoms. The van der Waals surface area contributed by atoms with Gasteiger partial charge in [-0.25, -0.2) is 0 Å². The first kappa shape index (κ1) is 16.9. The number of hydrogen-bond donors (Lipinski definition) is 1. The van der Waals surface area contributed by atoms with Crippen molar-refractivity contribution in [3.05, 3.63) is 0 Å². The van der Waals surface area contributed by atoms with Gasteiger partial charge in [-0.15, -0.1) is 0 Å². The first-order valence-electron chi connectivity index (χ1n) is 8.20. The van der Waals surface area contributed by atoms with Gasteiger partial charge < -0.3 is 10.2 Å². The Bertz CT molecular complexity index is 230. The summed E-state index contributed by atoms with van der Waals surface area (Å²) >= 11 is 0. The maximum atomic E-state index is 3.72. The van der Waals surface area contributed by atoms with Crippen molar-refractivity contribution in [3.63, 3.8) is 0 Å². The molecule has 0 aromatic rings. The van der Waals surface area contributed by atoms with Crippen molar-refractivity contribution < 1.29 is 0 Å². The van der Waals surface area contributed by atoms with Crippen molar-refractivity contribution in [1.82, 2.24) is 15.1 Å². The normalized spacial score (nSPS) is 28.3. The van der Waals surface area contributed by atoms with Crippen molar-refractivity contribution in [3.8, 4) is 0 Å². The molecule has 1 N–H and O–H groups in total. The fourth-order valence-electron chi connectivity index (χ4n) is 3.40. The van der Waals surface area contributed by atoms with E-state index in [-0.39, 0.29) is 0 Å². The standard InChI is InChI=1S/C16H35N3/c1-6-17-15-10-9-14(3)13-16(15)19(7-2)12-8-11-18(4)5/h14-17H,6-13H2,1-5H3. The number of hydrogen-bond acceptors (Lipinski definition) is 3. The van der Waals surface area contributed by atoms with Crippen LogP contribution in [0, 0.1) is 5.92 Å². The Labute approximate surface area is 120 Å². The predicted molar refractivity (Wildman–Crippen MR) is 84.7 cm³/mol. The van der Waals surface area contributed by atoms with Gasteiger partial charge in [-0.1, -0.05) is 20.8 Å². The third-order valence-corrected chi connectivity index (χ3v) is 4.47. The van der Waals surface area contributed by atoms with Gasteiger partial charge in [-0.2, -0.15) is 0 Å². The van der Waals surface area contributed by atoms with E-state index in [0.29, 0.717) is 6.04 Å². The maximum Gasteiger partial charge on any atom is 0.0251 e. The molecule has 0 aromatic carbocycles. The molecule has 3 nitrogen and oxygen atoms in total. The minimum atomic E-state index is 0.709. The molecule has 1 fully saturated rings. The lowest BCUT2D eigenvalue weighted by Gasteiger charge is -2.42. The molecule has 114 valence electrons. The zero-order valence-electron chi connectivity index (χ0n) is 13.8. The summed E-state index contributed by atoms with van der Waals surface area (Å²) in [5, 5.41) is 3.72. The van der Waals surface area contributed by atoms with Crippen molar-refractivity contribution in [1.29, 1.82) is 0 Å². The first-order chi connectivity index (χ1) is 9.08. The summed E-state index contributed by atoms with van der Waals surface area (Å²) < 4.78 is 0. The van der Waals surface area contributed by atoms with Crippen molar-refractivity contribution in [2.24, 2.45) is 5.92 Å². The Kier molecular flexibility index (Phi) is 7.96. The van der Waals surface area contributed by atoms with Crippen LogP contribution in [0.25, 0.3) is 0 Å². The SMILES string of the molecule is CCNC1CCC(C)CC1N(CC)CCCN(C)C. The summed E-state index contributed by atoms with van der Waals surface area (Å²) in [7, 11) is 4.33. The molecular formula is C16H35N3. The van der Waals surface area contributed by atoms with Gasteiger partial charge in [0.15, 0.2) is 0 Å². The molecule has 1 rings (SSSR count). The number of likely N-dealkylation sites (N-methyl/N-ethyl adjacent to an activating group) is 2. The molecule has 0 heterocycles. The second-order valence-corrected chi connectivity index (χ2v) is 6.44. The summed E-state index contributed by atoms with van der Waals surface area (Å²) in [6, 6.07) is 1.45. The highest BCUT2D eigenvalue weighted by molar-refractivity contribution is 4.90. The van der Waals surface area contributed by atoms with Crippen LogP contribution in [0.4, 0.5) is 0 Å². The molecule has 0 aliphatic heterocycles. The zero-order valence-corrected chi connectivity index (χ0v) is 13.8. The molecule has 0 aromatic heterocycles. The monoisotopic (exact) mass is 269 g/mol. The highest BCUT2D eigenvalue weighted by Crippen LogP contribution is 2.28. The lowest BCUT2D eigenvalue weighted by Crippen LogP contribution is -2.53. The van der Waals surface area contributed by atoms with Gasteiger partial charge in [0.2, 0.25) is 0 Å². The third kappa shape index (κ3) is 5.80. The molecule has 0 radical (unpaired) electrons. The summed E-state index contributed by atoms with van der Waals surface area (Å²) in [5.74, 6) is 0.891. The highest BCUT2D eigenvalue weighted by Gasteiger charge is 2.31. The van der Waals surface area contributed by atoms with E-state index in [1.54, 1.807) is 0 Å². The van der Waals surface area contributed by atoms with Crippen molar-refractivity contribution >= 4 is 0 Å². The number of nitrogens with zero attached hydrogens (tertiary/aromatic N) is 2. The van der Waals surface area contributed by atoms with Crippen LogP contribution in [0.5, 0.6) is 0 Å². The van der Waals surface area contributed by atoms with Crippen LogP contribution >= 0.6 is 0 Å². The summed E-state index contributed by atoms with van der Waals surface area (Å²) in [6.45, 7) is 11.7. The average molecular weight is 269 g/mol. The van der Waals surface area contributed by atoms with Gasteiger partial charge >= 0.3 is 0 Å². The van der Waals surface area contributed by atoms with Gasteiger partial charge in [0.05, 0.1) is 0 Å². The predicted octanol–water partition coefficient (Wildman–Crippen LogP) is 2.43. The van der Waals surface area contributed by atoms with Gasteiger partial charge in [0.1, 0.15) is 0 Å². The zero-order chi connectivity index (χ0) is 14.3. The Morgan fingerprint density at radius 2 is 1.84 bits per heavy atom. The molecule has 0 bridgehead atoms. The highest BCUT2D eigenvalue weighted by atomic mass is 15.2. The quantitative estimate of drug-likeness (QED) is 0.730. The lowest BCUT2D eigenvalue weighted by atomic mass is 9.82. The second kappa shape index (κ2) is 8.93. The number of rotatable bonds is 8. The minimum absolute atomic E-state index is 0.709. The van der Waals surface area contributed by atoms with E-state index >= 15 is 0 Å². The van der Waals surface area contributed by atoms with E-state index in [1.807, 2.05) is 0 Å². The molecule has 3 heteroatoms. The topological polar surface area (TPSA) is 18.5 Å². The Morgan fingerprint density at radius 3 is 2.42 bits per heavy atom. The lowest BCUT2D eigenvalue weighted by molar-refractivity contribution is 0.103. The third-order valence-electron chi connectivity index (χ3n) is 4.47. The summed E-state index contributed by atoms with van der Waals surface area (Å²) in [6.07, 6.45) is 5.39. The molecule has 3 atom stereocenters. The smallest absolute Gasteiger partial charge is 0.0251 e. The van der Waals surface area contributed by atoms with Crippen LogP contribution in [-0.4, -0.2) is 62.2 Å². The van der Waals surface area contributed by atoms with Crippen LogP contribution < -0.4 is 5.32 Å². The molecular weight excluding hydrogens is 234 g/mol. The second-order valence-electron chi connectivity index (χ2n) is 6.44. The summed E-state index contributed by atoms with van der Waals surface area (Å²) in [5.41, 5.74) is 0. The van der Waals surface area contributed by atoms with Crippen LogP contribution in [0.2, 0.25) is 0 Å². The molecule has 1 saturated carbocycles. The van der Waals surface area contributed by atoms with Crippen LogP contribution in [0.15, 0.2) is 0 Å². The van der Waals surface area contributed by atoms with E-state index < -0.39 is 0 Å². The number of nitrogens with one attached hydrogen (secondary N) is 1. The molecule has 1 aliphatic carbocycles. The fourth-order valence-corrected chi connectivity index (χ4v) is 3.40.